The predicted octanol–water partition coefficient (Wildman–Crippen LogP) is 5.78. The van der Waals surface area contributed by atoms with Crippen molar-refractivity contribution in [2.24, 2.45) is 0 Å². The molecule has 0 aliphatic rings. The van der Waals surface area contributed by atoms with Crippen molar-refractivity contribution in [3.63, 3.8) is 0 Å². The summed E-state index contributed by atoms with van der Waals surface area (Å²) in [5.74, 6) is 0.557. The third kappa shape index (κ3) is 3.77. The molecule has 0 bridgehead atoms. The Morgan fingerprint density at radius 3 is 2.74 bits per heavy atom. The Bertz CT molecular complexity index is 1050. The van der Waals surface area contributed by atoms with E-state index in [1.165, 1.54) is 11.3 Å². The van der Waals surface area contributed by atoms with Crippen molar-refractivity contribution in [3.05, 3.63) is 92.7 Å². The minimum Gasteiger partial charge on any atom is -0.383 e. The molecule has 1 aromatic carbocycles. The van der Waals surface area contributed by atoms with E-state index < -0.39 is 6.10 Å². The molecule has 0 saturated carbocycles. The summed E-state index contributed by atoms with van der Waals surface area (Å²) in [6, 6.07) is 12.8. The van der Waals surface area contributed by atoms with Gasteiger partial charge in [-0.15, -0.1) is 11.3 Å². The molecule has 1 atom stereocenters. The zero-order valence-electron chi connectivity index (χ0n) is 14.0. The van der Waals surface area contributed by atoms with Gasteiger partial charge >= 0.3 is 0 Å². The second-order valence-electron chi connectivity index (χ2n) is 5.95. The molecule has 0 fully saturated rings. The van der Waals surface area contributed by atoms with Gasteiger partial charge in [-0.2, -0.15) is 0 Å². The zero-order valence-corrected chi connectivity index (χ0v) is 16.3. The van der Waals surface area contributed by atoms with Gasteiger partial charge in [0.05, 0.1) is 16.1 Å². The molecule has 0 radical (unpaired) electrons. The summed E-state index contributed by atoms with van der Waals surface area (Å²) in [6.07, 6.45) is 2.80. The van der Waals surface area contributed by atoms with Crippen molar-refractivity contribution < 1.29 is 9.63 Å². The SMILES string of the molecule is OC(c1cccnc1)c1c(Cc2ccc(Cl)cc2Cl)noc1-c1cccs1. The number of aliphatic hydroxyl groups is 1. The van der Waals surface area contributed by atoms with Crippen LogP contribution in [0.2, 0.25) is 10.0 Å². The van der Waals surface area contributed by atoms with Gasteiger partial charge in [0.15, 0.2) is 5.76 Å². The van der Waals surface area contributed by atoms with Crippen LogP contribution in [0.4, 0.5) is 0 Å². The van der Waals surface area contributed by atoms with Crippen molar-refractivity contribution in [1.29, 1.82) is 0 Å². The molecular weight excluding hydrogens is 403 g/mol. The second kappa shape index (κ2) is 7.82. The first-order valence-corrected chi connectivity index (χ1v) is 9.81. The highest BCUT2D eigenvalue weighted by Crippen LogP contribution is 2.37. The molecular formula is C20H14Cl2N2O2S. The van der Waals surface area contributed by atoms with Gasteiger partial charge in [0, 0.05) is 34.4 Å². The standard InChI is InChI=1S/C20H14Cl2N2O2S/c21-14-6-5-12(15(22)10-14)9-16-18(19(25)13-3-1-7-23-11-13)20(26-24-16)17-4-2-8-27-17/h1-8,10-11,19,25H,9H2. The van der Waals surface area contributed by atoms with Gasteiger partial charge < -0.3 is 9.63 Å². The van der Waals surface area contributed by atoms with E-state index in [0.29, 0.717) is 39.0 Å². The van der Waals surface area contributed by atoms with Crippen LogP contribution in [0.5, 0.6) is 0 Å². The van der Waals surface area contributed by atoms with Crippen LogP contribution in [-0.2, 0) is 6.42 Å². The summed E-state index contributed by atoms with van der Waals surface area (Å²) in [5, 5.41) is 18.3. The van der Waals surface area contributed by atoms with Gasteiger partial charge in [-0.05, 0) is 35.2 Å². The van der Waals surface area contributed by atoms with E-state index in [1.54, 1.807) is 30.6 Å². The lowest BCUT2D eigenvalue weighted by Crippen LogP contribution is -2.05. The highest BCUT2D eigenvalue weighted by molar-refractivity contribution is 7.13. The van der Waals surface area contributed by atoms with E-state index in [9.17, 15) is 5.11 Å². The Balaban J connectivity index is 1.80. The van der Waals surface area contributed by atoms with Gasteiger partial charge in [-0.1, -0.05) is 46.6 Å². The van der Waals surface area contributed by atoms with Crippen molar-refractivity contribution in [1.82, 2.24) is 10.1 Å². The number of hydrogen-bond donors (Lipinski definition) is 1. The lowest BCUT2D eigenvalue weighted by molar-refractivity contribution is 0.219. The van der Waals surface area contributed by atoms with Crippen molar-refractivity contribution in [2.75, 3.05) is 0 Å². The molecule has 0 aliphatic carbocycles. The number of nitrogens with zero attached hydrogens (tertiary/aromatic N) is 2. The summed E-state index contributed by atoms with van der Waals surface area (Å²) < 4.78 is 5.63. The molecule has 1 N–H and O–H groups in total. The third-order valence-electron chi connectivity index (χ3n) is 4.19. The first-order valence-electron chi connectivity index (χ1n) is 8.17. The van der Waals surface area contributed by atoms with E-state index in [0.717, 1.165) is 10.4 Å². The average molecular weight is 417 g/mol. The van der Waals surface area contributed by atoms with Crippen LogP contribution in [0.3, 0.4) is 0 Å². The molecule has 0 aliphatic heterocycles. The molecule has 0 spiro atoms. The summed E-state index contributed by atoms with van der Waals surface area (Å²) in [7, 11) is 0. The fourth-order valence-electron chi connectivity index (χ4n) is 2.87. The van der Waals surface area contributed by atoms with Crippen LogP contribution in [-0.4, -0.2) is 15.2 Å². The Hall–Kier alpha value is -2.18. The topological polar surface area (TPSA) is 59.2 Å². The lowest BCUT2D eigenvalue weighted by atomic mass is 9.97. The van der Waals surface area contributed by atoms with Gasteiger partial charge in [0.2, 0.25) is 0 Å². The molecule has 3 aromatic heterocycles. The van der Waals surface area contributed by atoms with Crippen LogP contribution in [0, 0.1) is 0 Å². The van der Waals surface area contributed by atoms with Gasteiger partial charge in [0.1, 0.15) is 6.10 Å². The number of pyridine rings is 1. The third-order valence-corrected chi connectivity index (χ3v) is 5.65. The normalized spacial score (nSPS) is 12.3. The van der Waals surface area contributed by atoms with Crippen LogP contribution < -0.4 is 0 Å². The first kappa shape index (κ1) is 18.2. The fourth-order valence-corrected chi connectivity index (χ4v) is 4.07. The molecule has 0 amide bonds. The molecule has 1 unspecified atom stereocenters. The lowest BCUT2D eigenvalue weighted by Gasteiger charge is -2.12. The molecule has 136 valence electrons. The smallest absolute Gasteiger partial charge is 0.183 e. The van der Waals surface area contributed by atoms with Crippen molar-refractivity contribution >= 4 is 34.5 Å². The minimum atomic E-state index is -0.914. The molecule has 7 heteroatoms. The number of rotatable bonds is 5. The summed E-state index contributed by atoms with van der Waals surface area (Å²) in [4.78, 5) is 5.00. The maximum absolute atomic E-state index is 11.0. The molecule has 27 heavy (non-hydrogen) atoms. The summed E-state index contributed by atoms with van der Waals surface area (Å²) >= 11 is 13.8. The molecule has 0 saturated heterocycles. The first-order chi connectivity index (χ1) is 13.1. The number of halogens is 2. The average Bonchev–Trinajstić information content (AvgIpc) is 3.34. The van der Waals surface area contributed by atoms with Gasteiger partial charge in [-0.25, -0.2) is 0 Å². The number of thiophene rings is 1. The van der Waals surface area contributed by atoms with Crippen molar-refractivity contribution in [2.45, 2.75) is 12.5 Å². The quantitative estimate of drug-likeness (QED) is 0.447. The minimum absolute atomic E-state index is 0.414. The Kier molecular flexibility index (Phi) is 5.27. The fraction of sp³-hybridized carbons (Fsp3) is 0.100. The highest BCUT2D eigenvalue weighted by Gasteiger charge is 2.26. The van der Waals surface area contributed by atoms with Crippen LogP contribution in [0.15, 0.2) is 64.8 Å². The number of aliphatic hydroxyl groups excluding tert-OH is 1. The second-order valence-corrected chi connectivity index (χ2v) is 7.74. The highest BCUT2D eigenvalue weighted by atomic mass is 35.5. The van der Waals surface area contributed by atoms with E-state index in [-0.39, 0.29) is 0 Å². The van der Waals surface area contributed by atoms with Crippen LogP contribution >= 0.6 is 34.5 Å². The Morgan fingerprint density at radius 2 is 2.04 bits per heavy atom. The van der Waals surface area contributed by atoms with E-state index in [2.05, 4.69) is 10.1 Å². The molecule has 4 nitrogen and oxygen atoms in total. The maximum Gasteiger partial charge on any atom is 0.183 e. The van der Waals surface area contributed by atoms with Crippen LogP contribution in [0.25, 0.3) is 10.6 Å². The van der Waals surface area contributed by atoms with E-state index in [1.807, 2.05) is 29.6 Å². The maximum atomic E-state index is 11.0. The van der Waals surface area contributed by atoms with E-state index >= 15 is 0 Å². The van der Waals surface area contributed by atoms with Crippen LogP contribution in [0.1, 0.15) is 28.5 Å². The predicted molar refractivity (Wildman–Crippen MR) is 107 cm³/mol. The largest absolute Gasteiger partial charge is 0.383 e. The number of benzene rings is 1. The Labute approximate surface area is 170 Å². The van der Waals surface area contributed by atoms with Crippen molar-refractivity contribution in [3.8, 4) is 10.6 Å². The molecule has 3 heterocycles. The number of aromatic nitrogens is 2. The molecule has 4 aromatic rings. The monoisotopic (exact) mass is 416 g/mol. The Morgan fingerprint density at radius 1 is 1.15 bits per heavy atom. The number of hydrogen-bond acceptors (Lipinski definition) is 5. The van der Waals surface area contributed by atoms with Gasteiger partial charge in [-0.3, -0.25) is 4.98 Å². The van der Waals surface area contributed by atoms with E-state index in [4.69, 9.17) is 27.7 Å². The van der Waals surface area contributed by atoms with Gasteiger partial charge in [0.25, 0.3) is 0 Å². The summed E-state index contributed by atoms with van der Waals surface area (Å²) in [6.45, 7) is 0. The zero-order chi connectivity index (χ0) is 18.8. The molecule has 4 rings (SSSR count). The summed E-state index contributed by atoms with van der Waals surface area (Å²) in [5.41, 5.74) is 2.77.